The molecule has 5 nitrogen and oxygen atoms in total. The molecule has 1 atom stereocenters. The van der Waals surface area contributed by atoms with Crippen LogP contribution < -0.4 is 4.90 Å². The highest BCUT2D eigenvalue weighted by Gasteiger charge is 2.36. The molecule has 136 valence electrons. The van der Waals surface area contributed by atoms with Crippen molar-refractivity contribution < 1.29 is 14.7 Å². The van der Waals surface area contributed by atoms with Gasteiger partial charge in [0.25, 0.3) is 11.8 Å². The molecule has 0 bridgehead atoms. The SMILES string of the molecule is CCN(CC(O)CN1C(=O)c2ccccc2C1=O)c1cc(C)cc(C)c1. The van der Waals surface area contributed by atoms with Gasteiger partial charge in [0.05, 0.1) is 23.8 Å². The van der Waals surface area contributed by atoms with E-state index >= 15 is 0 Å². The number of aryl methyl sites for hydroxylation is 2. The third-order valence-corrected chi connectivity index (χ3v) is 4.66. The minimum atomic E-state index is -0.821. The summed E-state index contributed by atoms with van der Waals surface area (Å²) in [5, 5.41) is 10.5. The molecular weight excluding hydrogens is 328 g/mol. The van der Waals surface area contributed by atoms with Gasteiger partial charge in [-0.05, 0) is 56.2 Å². The second kappa shape index (κ2) is 7.30. The Labute approximate surface area is 153 Å². The Morgan fingerprint density at radius 2 is 1.54 bits per heavy atom. The summed E-state index contributed by atoms with van der Waals surface area (Å²) in [6.07, 6.45) is -0.821. The molecule has 0 spiro atoms. The molecule has 0 saturated heterocycles. The van der Waals surface area contributed by atoms with E-state index in [1.54, 1.807) is 24.3 Å². The average Bonchev–Trinajstić information content (AvgIpc) is 2.84. The second-order valence-electron chi connectivity index (χ2n) is 6.80. The van der Waals surface area contributed by atoms with E-state index in [1.165, 1.54) is 0 Å². The van der Waals surface area contributed by atoms with Gasteiger partial charge in [-0.1, -0.05) is 18.2 Å². The summed E-state index contributed by atoms with van der Waals surface area (Å²) >= 11 is 0. The van der Waals surface area contributed by atoms with E-state index in [9.17, 15) is 14.7 Å². The number of hydrogen-bond donors (Lipinski definition) is 1. The van der Waals surface area contributed by atoms with E-state index in [0.29, 0.717) is 17.7 Å². The molecule has 26 heavy (non-hydrogen) atoms. The zero-order valence-corrected chi connectivity index (χ0v) is 15.4. The van der Waals surface area contributed by atoms with Gasteiger partial charge in [0.2, 0.25) is 0 Å². The van der Waals surface area contributed by atoms with Crippen LogP contribution in [0.4, 0.5) is 5.69 Å². The lowest BCUT2D eigenvalue weighted by atomic mass is 10.1. The van der Waals surface area contributed by atoms with E-state index in [-0.39, 0.29) is 18.4 Å². The normalized spacial score (nSPS) is 14.5. The van der Waals surface area contributed by atoms with Gasteiger partial charge < -0.3 is 10.0 Å². The van der Waals surface area contributed by atoms with Crippen molar-refractivity contribution in [3.63, 3.8) is 0 Å². The monoisotopic (exact) mass is 352 g/mol. The number of aliphatic hydroxyl groups excluding tert-OH is 1. The molecule has 0 radical (unpaired) electrons. The summed E-state index contributed by atoms with van der Waals surface area (Å²) < 4.78 is 0. The van der Waals surface area contributed by atoms with Crippen molar-refractivity contribution in [1.82, 2.24) is 4.90 Å². The van der Waals surface area contributed by atoms with Gasteiger partial charge in [-0.2, -0.15) is 0 Å². The third-order valence-electron chi connectivity index (χ3n) is 4.66. The Hall–Kier alpha value is -2.66. The number of carbonyl (C=O) groups excluding carboxylic acids is 2. The fourth-order valence-corrected chi connectivity index (χ4v) is 3.48. The Balaban J connectivity index is 1.71. The highest BCUT2D eigenvalue weighted by molar-refractivity contribution is 6.21. The third kappa shape index (κ3) is 3.48. The fourth-order valence-electron chi connectivity index (χ4n) is 3.48. The molecule has 0 saturated carbocycles. The first-order valence-corrected chi connectivity index (χ1v) is 8.87. The molecule has 2 aromatic rings. The molecule has 0 aromatic heterocycles. The number of likely N-dealkylation sites (N-methyl/N-ethyl adjacent to an activating group) is 1. The summed E-state index contributed by atoms with van der Waals surface area (Å²) in [5.74, 6) is -0.668. The van der Waals surface area contributed by atoms with Crippen LogP contribution in [0.25, 0.3) is 0 Å². The Morgan fingerprint density at radius 1 is 1.00 bits per heavy atom. The van der Waals surface area contributed by atoms with Crippen LogP contribution in [0.3, 0.4) is 0 Å². The summed E-state index contributed by atoms with van der Waals surface area (Å²) in [7, 11) is 0. The molecule has 1 unspecified atom stereocenters. The number of fused-ring (bicyclic) bond motifs is 1. The summed E-state index contributed by atoms with van der Waals surface area (Å²) in [5.41, 5.74) is 4.17. The molecule has 2 amide bonds. The van der Waals surface area contributed by atoms with Crippen molar-refractivity contribution in [2.45, 2.75) is 26.9 Å². The maximum Gasteiger partial charge on any atom is 0.261 e. The van der Waals surface area contributed by atoms with Crippen LogP contribution >= 0.6 is 0 Å². The summed E-state index contributed by atoms with van der Waals surface area (Å²) in [6.45, 7) is 7.17. The number of anilines is 1. The predicted octanol–water partition coefficient (Wildman–Crippen LogP) is 2.79. The molecule has 1 aliphatic heterocycles. The number of rotatable bonds is 6. The molecule has 1 N–H and O–H groups in total. The molecule has 1 heterocycles. The van der Waals surface area contributed by atoms with E-state index in [1.807, 2.05) is 20.8 Å². The lowest BCUT2D eigenvalue weighted by molar-refractivity contribution is 0.0551. The Kier molecular flexibility index (Phi) is 5.09. The van der Waals surface area contributed by atoms with E-state index in [2.05, 4.69) is 23.1 Å². The molecule has 3 rings (SSSR count). The molecule has 5 heteroatoms. The van der Waals surface area contributed by atoms with Crippen LogP contribution in [0.15, 0.2) is 42.5 Å². The largest absolute Gasteiger partial charge is 0.389 e. The molecule has 0 aliphatic carbocycles. The maximum atomic E-state index is 12.4. The highest BCUT2D eigenvalue weighted by atomic mass is 16.3. The molecule has 0 fully saturated rings. The maximum absolute atomic E-state index is 12.4. The van der Waals surface area contributed by atoms with Crippen LogP contribution in [0.5, 0.6) is 0 Å². The van der Waals surface area contributed by atoms with Crippen molar-refractivity contribution in [2.24, 2.45) is 0 Å². The van der Waals surface area contributed by atoms with Crippen LogP contribution in [-0.2, 0) is 0 Å². The second-order valence-corrected chi connectivity index (χ2v) is 6.80. The number of hydrogen-bond acceptors (Lipinski definition) is 4. The smallest absolute Gasteiger partial charge is 0.261 e. The van der Waals surface area contributed by atoms with Crippen molar-refractivity contribution in [1.29, 1.82) is 0 Å². The first-order valence-electron chi connectivity index (χ1n) is 8.87. The van der Waals surface area contributed by atoms with Gasteiger partial charge in [-0.15, -0.1) is 0 Å². The topological polar surface area (TPSA) is 60.9 Å². The number of amides is 2. The predicted molar refractivity (Wildman–Crippen MR) is 102 cm³/mol. The van der Waals surface area contributed by atoms with Crippen LogP contribution in [0, 0.1) is 13.8 Å². The van der Waals surface area contributed by atoms with Gasteiger partial charge in [0.15, 0.2) is 0 Å². The fraction of sp³-hybridized carbons (Fsp3) is 0.333. The minimum absolute atomic E-state index is 0.00631. The number of β-amino-alcohol motifs (C(OH)–C–C–N with tert-alkyl or cyclic N) is 1. The van der Waals surface area contributed by atoms with Crippen molar-refractivity contribution in [3.8, 4) is 0 Å². The van der Waals surface area contributed by atoms with Gasteiger partial charge in [0, 0.05) is 18.8 Å². The number of benzene rings is 2. The first-order chi connectivity index (χ1) is 12.4. The van der Waals surface area contributed by atoms with E-state index in [4.69, 9.17) is 0 Å². The van der Waals surface area contributed by atoms with E-state index < -0.39 is 6.10 Å². The van der Waals surface area contributed by atoms with Crippen molar-refractivity contribution in [2.75, 3.05) is 24.5 Å². The van der Waals surface area contributed by atoms with Gasteiger partial charge >= 0.3 is 0 Å². The van der Waals surface area contributed by atoms with E-state index in [0.717, 1.165) is 28.3 Å². The Morgan fingerprint density at radius 3 is 2.04 bits per heavy atom. The lowest BCUT2D eigenvalue weighted by Gasteiger charge is -2.28. The number of carbonyl (C=O) groups is 2. The van der Waals surface area contributed by atoms with Crippen LogP contribution in [0.2, 0.25) is 0 Å². The van der Waals surface area contributed by atoms with Crippen LogP contribution in [0.1, 0.15) is 38.8 Å². The zero-order chi connectivity index (χ0) is 18.8. The summed E-state index contributed by atoms with van der Waals surface area (Å²) in [6, 6.07) is 13.0. The van der Waals surface area contributed by atoms with Gasteiger partial charge in [-0.3, -0.25) is 14.5 Å². The number of nitrogens with zero attached hydrogens (tertiary/aromatic N) is 2. The number of imide groups is 1. The average molecular weight is 352 g/mol. The highest BCUT2D eigenvalue weighted by Crippen LogP contribution is 2.23. The zero-order valence-electron chi connectivity index (χ0n) is 15.4. The standard InChI is InChI=1S/C21H24N2O3/c1-4-22(16-10-14(2)9-15(3)11-16)12-17(24)13-23-20(25)18-7-5-6-8-19(18)21(23)26/h5-11,17,24H,4,12-13H2,1-3H3. The molecule has 2 aromatic carbocycles. The lowest BCUT2D eigenvalue weighted by Crippen LogP contribution is -2.42. The molecular formula is C21H24N2O3. The van der Waals surface area contributed by atoms with Crippen LogP contribution in [-0.4, -0.2) is 47.6 Å². The first kappa shape index (κ1) is 18.1. The molecule has 1 aliphatic rings. The van der Waals surface area contributed by atoms with Crippen molar-refractivity contribution >= 4 is 17.5 Å². The van der Waals surface area contributed by atoms with Gasteiger partial charge in [-0.25, -0.2) is 0 Å². The minimum Gasteiger partial charge on any atom is -0.389 e. The summed E-state index contributed by atoms with van der Waals surface area (Å²) in [4.78, 5) is 28.1. The van der Waals surface area contributed by atoms with Crippen molar-refractivity contribution in [3.05, 3.63) is 64.7 Å². The number of aliphatic hydroxyl groups is 1. The Bertz CT molecular complexity index is 792. The van der Waals surface area contributed by atoms with Gasteiger partial charge in [0.1, 0.15) is 0 Å². The quantitative estimate of drug-likeness (QED) is 0.812.